The van der Waals surface area contributed by atoms with Crippen LogP contribution in [0.4, 0.5) is 5.69 Å². The predicted molar refractivity (Wildman–Crippen MR) is 81.4 cm³/mol. The van der Waals surface area contributed by atoms with Gasteiger partial charge in [-0.3, -0.25) is 15.0 Å². The molecule has 118 valence electrons. The van der Waals surface area contributed by atoms with E-state index >= 15 is 0 Å². The highest BCUT2D eigenvalue weighted by atomic mass is 16.6. The lowest BCUT2D eigenvalue weighted by molar-refractivity contribution is -0.385. The van der Waals surface area contributed by atoms with Gasteiger partial charge < -0.3 is 9.84 Å². The van der Waals surface area contributed by atoms with E-state index in [0.29, 0.717) is 13.1 Å². The highest BCUT2D eigenvalue weighted by Crippen LogP contribution is 2.27. The monoisotopic (exact) mass is 296 g/mol. The summed E-state index contributed by atoms with van der Waals surface area (Å²) in [6, 6.07) is 5.34. The van der Waals surface area contributed by atoms with Crippen molar-refractivity contribution in [1.82, 2.24) is 4.90 Å². The average molecular weight is 296 g/mol. The number of rotatable bonds is 8. The van der Waals surface area contributed by atoms with Crippen molar-refractivity contribution >= 4 is 5.69 Å². The third-order valence-corrected chi connectivity index (χ3v) is 3.25. The summed E-state index contributed by atoms with van der Waals surface area (Å²) in [5, 5.41) is 20.8. The largest absolute Gasteiger partial charge is 0.389 e. The number of benzene rings is 1. The van der Waals surface area contributed by atoms with Crippen LogP contribution in [-0.4, -0.2) is 48.3 Å². The Labute approximate surface area is 125 Å². The van der Waals surface area contributed by atoms with Gasteiger partial charge in [0.2, 0.25) is 0 Å². The van der Waals surface area contributed by atoms with Crippen LogP contribution in [-0.2, 0) is 11.3 Å². The molecular weight excluding hydrogens is 272 g/mol. The van der Waals surface area contributed by atoms with Crippen molar-refractivity contribution in [2.45, 2.75) is 32.4 Å². The number of aliphatic hydroxyl groups excluding tert-OH is 1. The number of likely N-dealkylation sites (N-methyl/N-ethyl adjacent to an activating group) is 1. The fourth-order valence-electron chi connectivity index (χ4n) is 2.32. The van der Waals surface area contributed by atoms with Gasteiger partial charge in [0.25, 0.3) is 5.69 Å². The molecule has 1 rings (SSSR count). The standard InChI is InChI=1S/C15H24N2O4/c1-11(2)14-6-5-12(7-15(14)17(19)20)8-16(3)9-13(18)10-21-4/h5-7,11,13,18H,8-10H2,1-4H3. The Bertz CT molecular complexity index is 477. The Morgan fingerprint density at radius 2 is 2.10 bits per heavy atom. The first kappa shape index (κ1) is 17.6. The van der Waals surface area contributed by atoms with Crippen molar-refractivity contribution in [3.05, 3.63) is 39.4 Å². The van der Waals surface area contributed by atoms with Crippen molar-refractivity contribution in [3.8, 4) is 0 Å². The molecule has 1 aromatic rings. The second-order valence-electron chi connectivity index (χ2n) is 5.61. The third kappa shape index (κ3) is 5.41. The number of ether oxygens (including phenoxy) is 1. The first-order chi connectivity index (χ1) is 9.85. The molecule has 0 bridgehead atoms. The van der Waals surface area contributed by atoms with Gasteiger partial charge in [0.05, 0.1) is 17.6 Å². The molecule has 0 spiro atoms. The van der Waals surface area contributed by atoms with Crippen molar-refractivity contribution in [1.29, 1.82) is 0 Å². The van der Waals surface area contributed by atoms with Gasteiger partial charge in [0.15, 0.2) is 0 Å². The zero-order valence-corrected chi connectivity index (χ0v) is 13.1. The molecule has 0 aliphatic rings. The summed E-state index contributed by atoms with van der Waals surface area (Å²) in [4.78, 5) is 12.7. The normalized spacial score (nSPS) is 12.9. The van der Waals surface area contributed by atoms with E-state index in [-0.39, 0.29) is 23.1 Å². The SMILES string of the molecule is COCC(O)CN(C)Cc1ccc(C(C)C)c([N+](=O)[O-])c1. The maximum Gasteiger partial charge on any atom is 0.273 e. The molecule has 1 atom stereocenters. The molecule has 0 radical (unpaired) electrons. The summed E-state index contributed by atoms with van der Waals surface area (Å²) in [7, 11) is 3.40. The van der Waals surface area contributed by atoms with E-state index in [1.165, 1.54) is 7.11 Å². The second kappa shape index (κ2) is 8.07. The highest BCUT2D eigenvalue weighted by Gasteiger charge is 2.17. The van der Waals surface area contributed by atoms with E-state index in [1.807, 2.05) is 37.9 Å². The Kier molecular flexibility index (Phi) is 6.74. The van der Waals surface area contributed by atoms with Gasteiger partial charge in [-0.15, -0.1) is 0 Å². The van der Waals surface area contributed by atoms with Crippen molar-refractivity contribution < 1.29 is 14.8 Å². The Balaban J connectivity index is 2.80. The van der Waals surface area contributed by atoms with Gasteiger partial charge in [-0.1, -0.05) is 26.0 Å². The Morgan fingerprint density at radius 1 is 1.43 bits per heavy atom. The fraction of sp³-hybridized carbons (Fsp3) is 0.600. The number of hydrogen-bond donors (Lipinski definition) is 1. The molecule has 1 unspecified atom stereocenters. The first-order valence-corrected chi connectivity index (χ1v) is 6.98. The predicted octanol–water partition coefficient (Wildman–Crippen LogP) is 2.16. The molecular formula is C15H24N2O4. The molecule has 6 heteroatoms. The van der Waals surface area contributed by atoms with Gasteiger partial charge in [0.1, 0.15) is 0 Å². The molecule has 1 aromatic carbocycles. The number of nitro benzene ring substituents is 1. The van der Waals surface area contributed by atoms with Gasteiger partial charge in [-0.25, -0.2) is 0 Å². The number of nitrogens with zero attached hydrogens (tertiary/aromatic N) is 2. The number of hydrogen-bond acceptors (Lipinski definition) is 5. The summed E-state index contributed by atoms with van der Waals surface area (Å²) < 4.78 is 4.88. The van der Waals surface area contributed by atoms with Crippen molar-refractivity contribution in [2.75, 3.05) is 27.3 Å². The zero-order valence-electron chi connectivity index (χ0n) is 13.1. The van der Waals surface area contributed by atoms with Gasteiger partial charge >= 0.3 is 0 Å². The Morgan fingerprint density at radius 3 is 2.62 bits per heavy atom. The molecule has 0 saturated heterocycles. The highest BCUT2D eigenvalue weighted by molar-refractivity contribution is 5.45. The Hall–Kier alpha value is -1.50. The fourth-order valence-corrected chi connectivity index (χ4v) is 2.32. The summed E-state index contributed by atoms with van der Waals surface area (Å²) in [6.45, 7) is 5.15. The van der Waals surface area contributed by atoms with E-state index in [9.17, 15) is 15.2 Å². The topological polar surface area (TPSA) is 75.8 Å². The summed E-state index contributed by atoms with van der Waals surface area (Å²) in [5.41, 5.74) is 1.76. The molecule has 0 fully saturated rings. The van der Waals surface area contributed by atoms with Gasteiger partial charge in [0, 0.05) is 31.8 Å². The molecule has 0 amide bonds. The maximum absolute atomic E-state index is 11.2. The quantitative estimate of drug-likeness (QED) is 0.587. The smallest absolute Gasteiger partial charge is 0.273 e. The lowest BCUT2D eigenvalue weighted by Crippen LogP contribution is -2.31. The minimum Gasteiger partial charge on any atom is -0.389 e. The molecule has 21 heavy (non-hydrogen) atoms. The summed E-state index contributed by atoms with van der Waals surface area (Å²) >= 11 is 0. The molecule has 0 heterocycles. The van der Waals surface area contributed by atoms with Crippen LogP contribution in [0.2, 0.25) is 0 Å². The van der Waals surface area contributed by atoms with E-state index in [0.717, 1.165) is 11.1 Å². The van der Waals surface area contributed by atoms with Crippen LogP contribution >= 0.6 is 0 Å². The van der Waals surface area contributed by atoms with E-state index in [4.69, 9.17) is 4.74 Å². The van der Waals surface area contributed by atoms with Crippen LogP contribution in [0, 0.1) is 10.1 Å². The van der Waals surface area contributed by atoms with Crippen LogP contribution in [0.15, 0.2) is 18.2 Å². The molecule has 0 saturated carbocycles. The van der Waals surface area contributed by atoms with Crippen LogP contribution in [0.3, 0.4) is 0 Å². The maximum atomic E-state index is 11.2. The molecule has 0 aliphatic heterocycles. The average Bonchev–Trinajstić information content (AvgIpc) is 2.38. The minimum atomic E-state index is -0.565. The van der Waals surface area contributed by atoms with Crippen LogP contribution in [0.25, 0.3) is 0 Å². The number of nitro groups is 1. The molecule has 1 N–H and O–H groups in total. The first-order valence-electron chi connectivity index (χ1n) is 6.98. The van der Waals surface area contributed by atoms with Crippen LogP contribution < -0.4 is 0 Å². The second-order valence-corrected chi connectivity index (χ2v) is 5.61. The molecule has 0 aliphatic carbocycles. The van der Waals surface area contributed by atoms with E-state index in [1.54, 1.807) is 6.07 Å². The van der Waals surface area contributed by atoms with E-state index < -0.39 is 6.10 Å². The number of methoxy groups -OCH3 is 1. The lowest BCUT2D eigenvalue weighted by Gasteiger charge is -2.20. The molecule has 6 nitrogen and oxygen atoms in total. The third-order valence-electron chi connectivity index (χ3n) is 3.25. The van der Waals surface area contributed by atoms with Crippen molar-refractivity contribution in [2.24, 2.45) is 0 Å². The van der Waals surface area contributed by atoms with Gasteiger partial charge in [-0.2, -0.15) is 0 Å². The minimum absolute atomic E-state index is 0.112. The zero-order chi connectivity index (χ0) is 16.0. The molecule has 0 aromatic heterocycles. The van der Waals surface area contributed by atoms with E-state index in [2.05, 4.69) is 0 Å². The van der Waals surface area contributed by atoms with Crippen LogP contribution in [0.5, 0.6) is 0 Å². The number of aliphatic hydroxyl groups is 1. The van der Waals surface area contributed by atoms with Crippen molar-refractivity contribution in [3.63, 3.8) is 0 Å². The van der Waals surface area contributed by atoms with Crippen LogP contribution in [0.1, 0.15) is 30.9 Å². The summed E-state index contributed by atoms with van der Waals surface area (Å²) in [6.07, 6.45) is -0.565. The lowest BCUT2D eigenvalue weighted by atomic mass is 9.99. The summed E-state index contributed by atoms with van der Waals surface area (Å²) in [5.74, 6) is 0.112. The van der Waals surface area contributed by atoms with Gasteiger partial charge in [-0.05, 0) is 18.5 Å².